The minimum absolute atomic E-state index is 0.311. The zero-order valence-electron chi connectivity index (χ0n) is 7.52. The number of hydrogen-bond donors (Lipinski definition) is 0. The molecule has 0 aromatic heterocycles. The average molecular weight is 172 g/mol. The molecule has 64 valence electrons. The van der Waals surface area contributed by atoms with E-state index in [1.54, 1.807) is 0 Å². The summed E-state index contributed by atoms with van der Waals surface area (Å²) >= 11 is 1.51. The highest BCUT2D eigenvalue weighted by atomic mass is 32.2. The third-order valence-electron chi connectivity index (χ3n) is 1.90. The van der Waals surface area contributed by atoms with Gasteiger partial charge in [0.1, 0.15) is 0 Å². The lowest BCUT2D eigenvalue weighted by Crippen LogP contribution is -2.15. The van der Waals surface area contributed by atoms with Crippen LogP contribution in [0.2, 0.25) is 0 Å². The molecule has 0 spiro atoms. The van der Waals surface area contributed by atoms with Gasteiger partial charge < -0.3 is 0 Å². The van der Waals surface area contributed by atoms with Crippen LogP contribution in [0.25, 0.3) is 0 Å². The molecule has 0 radical (unpaired) electrons. The Kier molecular flexibility index (Phi) is 2.63. The Morgan fingerprint density at radius 2 is 2.18 bits per heavy atom. The lowest BCUT2D eigenvalue weighted by atomic mass is 9.84. The maximum Gasteiger partial charge on any atom is 0.192 e. The summed E-state index contributed by atoms with van der Waals surface area (Å²) < 4.78 is 0. The monoisotopic (exact) mass is 172 g/mol. The summed E-state index contributed by atoms with van der Waals surface area (Å²) in [5.74, 6) is 1.39. The highest BCUT2D eigenvalue weighted by Gasteiger charge is 2.29. The Hall–Kier alpha value is 0.0200. The number of hydrogen-bond acceptors (Lipinski definition) is 2. The standard InChI is InChI=1S/C9H16OS/c1-9(2,3)6-7-4-5-11-8(7)10/h7H,4-6H2,1-3H3/t7-/m1/s1. The highest BCUT2D eigenvalue weighted by Crippen LogP contribution is 2.34. The normalized spacial score (nSPS) is 26.1. The number of carbonyl (C=O) groups excluding carboxylic acids is 1. The second-order valence-electron chi connectivity index (χ2n) is 4.42. The van der Waals surface area contributed by atoms with Crippen molar-refractivity contribution in [3.63, 3.8) is 0 Å². The summed E-state index contributed by atoms with van der Waals surface area (Å²) in [7, 11) is 0. The van der Waals surface area contributed by atoms with Crippen LogP contribution in [0.4, 0.5) is 0 Å². The smallest absolute Gasteiger partial charge is 0.192 e. The van der Waals surface area contributed by atoms with E-state index in [0.717, 1.165) is 18.6 Å². The van der Waals surface area contributed by atoms with E-state index in [0.29, 0.717) is 16.4 Å². The van der Waals surface area contributed by atoms with Crippen LogP contribution in [0.3, 0.4) is 0 Å². The van der Waals surface area contributed by atoms with Crippen LogP contribution in [0.5, 0.6) is 0 Å². The number of thioether (sulfide) groups is 1. The van der Waals surface area contributed by atoms with Crippen LogP contribution in [0, 0.1) is 11.3 Å². The molecular weight excluding hydrogens is 156 g/mol. The fraction of sp³-hybridized carbons (Fsp3) is 0.889. The van der Waals surface area contributed by atoms with E-state index in [1.165, 1.54) is 11.8 Å². The number of carbonyl (C=O) groups is 1. The Labute approximate surface area is 72.9 Å². The molecule has 0 aliphatic carbocycles. The van der Waals surface area contributed by atoms with Crippen molar-refractivity contribution in [2.24, 2.45) is 11.3 Å². The van der Waals surface area contributed by atoms with Gasteiger partial charge in [-0.3, -0.25) is 4.79 Å². The first-order chi connectivity index (χ1) is 4.99. The maximum absolute atomic E-state index is 11.2. The minimum Gasteiger partial charge on any atom is -0.287 e. The molecule has 0 bridgehead atoms. The summed E-state index contributed by atoms with van der Waals surface area (Å²) in [5, 5.41) is 0.417. The van der Waals surface area contributed by atoms with Gasteiger partial charge in [-0.15, -0.1) is 0 Å². The van der Waals surface area contributed by atoms with Gasteiger partial charge in [0, 0.05) is 11.7 Å². The summed E-state index contributed by atoms with van der Waals surface area (Å²) in [6.45, 7) is 6.59. The summed E-state index contributed by atoms with van der Waals surface area (Å²) in [5.41, 5.74) is 0.311. The van der Waals surface area contributed by atoms with Crippen LogP contribution in [0.15, 0.2) is 0 Å². The van der Waals surface area contributed by atoms with Crippen molar-refractivity contribution < 1.29 is 4.79 Å². The topological polar surface area (TPSA) is 17.1 Å². The van der Waals surface area contributed by atoms with Crippen LogP contribution >= 0.6 is 11.8 Å². The van der Waals surface area contributed by atoms with Gasteiger partial charge in [0.25, 0.3) is 0 Å². The quantitative estimate of drug-likeness (QED) is 0.605. The van der Waals surface area contributed by atoms with E-state index in [9.17, 15) is 4.79 Å². The van der Waals surface area contributed by atoms with E-state index in [2.05, 4.69) is 20.8 Å². The van der Waals surface area contributed by atoms with Crippen LogP contribution in [-0.2, 0) is 4.79 Å². The first-order valence-electron chi connectivity index (χ1n) is 4.16. The predicted molar refractivity (Wildman–Crippen MR) is 49.6 cm³/mol. The zero-order valence-corrected chi connectivity index (χ0v) is 8.33. The summed E-state index contributed by atoms with van der Waals surface area (Å²) in [6.07, 6.45) is 2.15. The van der Waals surface area contributed by atoms with E-state index < -0.39 is 0 Å². The van der Waals surface area contributed by atoms with E-state index in [-0.39, 0.29) is 0 Å². The first-order valence-corrected chi connectivity index (χ1v) is 5.14. The molecule has 1 heterocycles. The van der Waals surface area contributed by atoms with Gasteiger partial charge in [0.15, 0.2) is 5.12 Å². The Bertz CT molecular complexity index is 157. The van der Waals surface area contributed by atoms with Crippen molar-refractivity contribution in [3.05, 3.63) is 0 Å². The largest absolute Gasteiger partial charge is 0.287 e. The molecule has 2 heteroatoms. The molecule has 1 nitrogen and oxygen atoms in total. The Morgan fingerprint density at radius 3 is 2.55 bits per heavy atom. The van der Waals surface area contributed by atoms with Crippen molar-refractivity contribution in [2.75, 3.05) is 5.75 Å². The van der Waals surface area contributed by atoms with Gasteiger partial charge in [0.05, 0.1) is 0 Å². The van der Waals surface area contributed by atoms with Crippen LogP contribution in [-0.4, -0.2) is 10.9 Å². The van der Waals surface area contributed by atoms with Crippen molar-refractivity contribution in [1.29, 1.82) is 0 Å². The molecule has 0 unspecified atom stereocenters. The molecule has 1 rings (SSSR count). The molecule has 1 saturated heterocycles. The highest BCUT2D eigenvalue weighted by molar-refractivity contribution is 8.14. The third kappa shape index (κ3) is 2.86. The van der Waals surface area contributed by atoms with Gasteiger partial charge in [-0.2, -0.15) is 0 Å². The molecule has 0 amide bonds. The van der Waals surface area contributed by atoms with Gasteiger partial charge in [-0.25, -0.2) is 0 Å². The molecule has 0 aromatic carbocycles. The first kappa shape index (κ1) is 9.11. The van der Waals surface area contributed by atoms with Crippen molar-refractivity contribution in [2.45, 2.75) is 33.6 Å². The molecule has 1 aliphatic rings. The average Bonchev–Trinajstić information content (AvgIpc) is 2.12. The molecule has 0 saturated carbocycles. The van der Waals surface area contributed by atoms with E-state index in [1.807, 2.05) is 0 Å². The van der Waals surface area contributed by atoms with Gasteiger partial charge in [0.2, 0.25) is 0 Å². The molecule has 11 heavy (non-hydrogen) atoms. The molecule has 0 N–H and O–H groups in total. The van der Waals surface area contributed by atoms with Gasteiger partial charge in [-0.1, -0.05) is 32.5 Å². The SMILES string of the molecule is CC(C)(C)C[C@H]1CCSC1=O. The molecule has 0 aromatic rings. The second-order valence-corrected chi connectivity index (χ2v) is 5.52. The predicted octanol–water partition coefficient (Wildman–Crippen LogP) is 2.70. The maximum atomic E-state index is 11.2. The second kappa shape index (κ2) is 3.18. The fourth-order valence-corrected chi connectivity index (χ4v) is 2.50. The van der Waals surface area contributed by atoms with Crippen LogP contribution in [0.1, 0.15) is 33.6 Å². The van der Waals surface area contributed by atoms with Crippen molar-refractivity contribution in [1.82, 2.24) is 0 Å². The summed E-state index contributed by atoms with van der Waals surface area (Å²) in [4.78, 5) is 11.2. The van der Waals surface area contributed by atoms with Crippen molar-refractivity contribution >= 4 is 16.9 Å². The lowest BCUT2D eigenvalue weighted by Gasteiger charge is -2.20. The minimum atomic E-state index is 0.311. The van der Waals surface area contributed by atoms with E-state index >= 15 is 0 Å². The Morgan fingerprint density at radius 1 is 1.55 bits per heavy atom. The molecule has 1 atom stereocenters. The third-order valence-corrected chi connectivity index (χ3v) is 2.96. The zero-order chi connectivity index (χ0) is 8.48. The molecule has 1 fully saturated rings. The van der Waals surface area contributed by atoms with Gasteiger partial charge >= 0.3 is 0 Å². The fourth-order valence-electron chi connectivity index (χ4n) is 1.46. The lowest BCUT2D eigenvalue weighted by molar-refractivity contribution is -0.114. The van der Waals surface area contributed by atoms with E-state index in [4.69, 9.17) is 0 Å². The van der Waals surface area contributed by atoms with Gasteiger partial charge in [-0.05, 0) is 18.3 Å². The Balaban J connectivity index is 2.43. The number of rotatable bonds is 1. The van der Waals surface area contributed by atoms with Crippen molar-refractivity contribution in [3.8, 4) is 0 Å². The molecule has 1 aliphatic heterocycles. The van der Waals surface area contributed by atoms with Crippen LogP contribution < -0.4 is 0 Å². The summed E-state index contributed by atoms with van der Waals surface area (Å²) in [6, 6.07) is 0. The molecular formula is C9H16OS.